The summed E-state index contributed by atoms with van der Waals surface area (Å²) in [6.07, 6.45) is 5.00. The maximum Gasteiger partial charge on any atom is 0.148 e. The van der Waals surface area contributed by atoms with Gasteiger partial charge < -0.3 is 4.74 Å². The Morgan fingerprint density at radius 2 is 2.55 bits per heavy atom. The van der Waals surface area contributed by atoms with Gasteiger partial charge in [0.1, 0.15) is 12.4 Å². The molecule has 0 spiro atoms. The van der Waals surface area contributed by atoms with Gasteiger partial charge in [0.25, 0.3) is 0 Å². The molecule has 0 unspecified atom stereocenters. The summed E-state index contributed by atoms with van der Waals surface area (Å²) in [6, 6.07) is 7.89. The van der Waals surface area contributed by atoms with Crippen molar-refractivity contribution in [2.45, 2.75) is 0 Å². The second-order valence-electron chi connectivity index (χ2n) is 1.85. The molecule has 0 heterocycles. The highest BCUT2D eigenvalue weighted by Crippen LogP contribution is 2.22. The molecule has 0 aliphatic rings. The van der Waals surface area contributed by atoms with E-state index >= 15 is 0 Å². The summed E-state index contributed by atoms with van der Waals surface area (Å²) >= 11 is 5.74. The second-order valence-corrected chi connectivity index (χ2v) is 2.26. The smallest absolute Gasteiger partial charge is 0.148 e. The summed E-state index contributed by atoms with van der Waals surface area (Å²) in [7, 11) is 0. The molecule has 0 amide bonds. The molecule has 0 aliphatic heterocycles. The lowest BCUT2D eigenvalue weighted by atomic mass is 10.3. The van der Waals surface area contributed by atoms with Crippen LogP contribution in [0, 0.1) is 18.4 Å². The summed E-state index contributed by atoms with van der Waals surface area (Å²) < 4.78 is 5.10. The third-order valence-electron chi connectivity index (χ3n) is 1.09. The van der Waals surface area contributed by atoms with E-state index in [1.807, 2.05) is 0 Å². The Balaban J connectivity index is 2.71. The van der Waals surface area contributed by atoms with Crippen molar-refractivity contribution in [3.63, 3.8) is 0 Å². The first kappa shape index (κ1) is 7.97. The van der Waals surface area contributed by atoms with Gasteiger partial charge in [-0.05, 0) is 18.2 Å². The lowest BCUT2D eigenvalue weighted by Gasteiger charge is -2.02. The van der Waals surface area contributed by atoms with Gasteiger partial charge in [-0.3, -0.25) is 0 Å². The predicted molar refractivity (Wildman–Crippen MR) is 44.6 cm³/mol. The monoisotopic (exact) mass is 165 g/mol. The van der Waals surface area contributed by atoms with Gasteiger partial charge in [-0.2, -0.15) is 0 Å². The third-order valence-corrected chi connectivity index (χ3v) is 1.38. The molecular weight excluding hydrogens is 160 g/mol. The SMILES string of the molecule is C#CCOc1cc[c]cc1Cl. The molecular formula is C9H6ClO. The summed E-state index contributed by atoms with van der Waals surface area (Å²) in [5, 5.41) is 0.530. The van der Waals surface area contributed by atoms with Crippen LogP contribution in [0.1, 0.15) is 0 Å². The molecule has 2 heteroatoms. The lowest BCUT2D eigenvalue weighted by Crippen LogP contribution is -1.93. The Bertz CT molecular complexity index is 275. The molecule has 0 saturated carbocycles. The molecule has 1 radical (unpaired) electrons. The zero-order valence-corrected chi connectivity index (χ0v) is 6.56. The molecule has 1 aromatic carbocycles. The molecule has 0 atom stereocenters. The zero-order valence-electron chi connectivity index (χ0n) is 5.80. The normalized spacial score (nSPS) is 8.73. The fourth-order valence-electron chi connectivity index (χ4n) is 0.632. The van der Waals surface area contributed by atoms with Gasteiger partial charge in [0, 0.05) is 0 Å². The number of terminal acetylenes is 1. The highest BCUT2D eigenvalue weighted by molar-refractivity contribution is 6.32. The molecule has 1 nitrogen and oxygen atoms in total. The van der Waals surface area contributed by atoms with Crippen LogP contribution in [0.4, 0.5) is 0 Å². The molecule has 0 N–H and O–H groups in total. The second kappa shape index (κ2) is 3.90. The van der Waals surface area contributed by atoms with Crippen LogP contribution in [-0.2, 0) is 0 Å². The topological polar surface area (TPSA) is 9.23 Å². The van der Waals surface area contributed by atoms with Crippen molar-refractivity contribution in [2.75, 3.05) is 6.61 Å². The summed E-state index contributed by atoms with van der Waals surface area (Å²) in [4.78, 5) is 0. The van der Waals surface area contributed by atoms with Crippen LogP contribution in [0.5, 0.6) is 5.75 Å². The Morgan fingerprint density at radius 3 is 3.18 bits per heavy atom. The maximum atomic E-state index is 5.74. The van der Waals surface area contributed by atoms with Crippen LogP contribution >= 0.6 is 11.6 Å². The quantitative estimate of drug-likeness (QED) is 0.611. The molecule has 1 rings (SSSR count). The standard InChI is InChI=1S/C9H6ClO/c1-2-7-11-9-6-4-3-5-8(9)10/h1,4-6H,7H2. The van der Waals surface area contributed by atoms with E-state index in [0.29, 0.717) is 10.8 Å². The molecule has 0 bridgehead atoms. The fraction of sp³-hybridized carbons (Fsp3) is 0.111. The first-order chi connectivity index (χ1) is 5.34. The van der Waals surface area contributed by atoms with Gasteiger partial charge in [-0.1, -0.05) is 23.6 Å². The van der Waals surface area contributed by atoms with E-state index in [1.165, 1.54) is 0 Å². The van der Waals surface area contributed by atoms with E-state index in [1.54, 1.807) is 18.2 Å². The average molecular weight is 166 g/mol. The van der Waals surface area contributed by atoms with E-state index in [9.17, 15) is 0 Å². The number of rotatable bonds is 2. The minimum absolute atomic E-state index is 0.240. The van der Waals surface area contributed by atoms with E-state index in [0.717, 1.165) is 0 Å². The molecule has 1 aromatic rings. The zero-order chi connectivity index (χ0) is 8.10. The Labute approximate surface area is 70.9 Å². The van der Waals surface area contributed by atoms with Crippen molar-refractivity contribution < 1.29 is 4.74 Å². The summed E-state index contributed by atoms with van der Waals surface area (Å²) in [5.74, 6) is 2.95. The van der Waals surface area contributed by atoms with Crippen molar-refractivity contribution in [2.24, 2.45) is 0 Å². The Hall–Kier alpha value is -1.13. The largest absolute Gasteiger partial charge is 0.479 e. The van der Waals surface area contributed by atoms with E-state index in [2.05, 4.69) is 12.0 Å². The highest BCUT2D eigenvalue weighted by Gasteiger charge is 1.96. The minimum Gasteiger partial charge on any atom is -0.479 e. The van der Waals surface area contributed by atoms with Crippen molar-refractivity contribution in [1.29, 1.82) is 0 Å². The van der Waals surface area contributed by atoms with Gasteiger partial charge in [-0.15, -0.1) is 6.42 Å². The van der Waals surface area contributed by atoms with Gasteiger partial charge in [0.15, 0.2) is 0 Å². The van der Waals surface area contributed by atoms with Crippen LogP contribution in [0.25, 0.3) is 0 Å². The van der Waals surface area contributed by atoms with Crippen LogP contribution < -0.4 is 4.74 Å². The van der Waals surface area contributed by atoms with Gasteiger partial charge in [0.2, 0.25) is 0 Å². The predicted octanol–water partition coefficient (Wildman–Crippen LogP) is 2.15. The summed E-state index contributed by atoms with van der Waals surface area (Å²) in [5.41, 5.74) is 0. The molecule has 0 fully saturated rings. The van der Waals surface area contributed by atoms with Crippen molar-refractivity contribution in [3.8, 4) is 18.1 Å². The van der Waals surface area contributed by atoms with E-state index in [-0.39, 0.29) is 6.61 Å². The number of ether oxygens (including phenoxy) is 1. The van der Waals surface area contributed by atoms with Crippen molar-refractivity contribution in [1.82, 2.24) is 0 Å². The Morgan fingerprint density at radius 1 is 1.73 bits per heavy atom. The number of hydrogen-bond acceptors (Lipinski definition) is 1. The fourth-order valence-corrected chi connectivity index (χ4v) is 0.813. The van der Waals surface area contributed by atoms with Gasteiger partial charge in [0.05, 0.1) is 5.02 Å². The molecule has 0 saturated heterocycles. The van der Waals surface area contributed by atoms with Crippen molar-refractivity contribution >= 4 is 11.6 Å². The number of hydrogen-bond donors (Lipinski definition) is 0. The Kier molecular flexibility index (Phi) is 2.83. The van der Waals surface area contributed by atoms with Crippen LogP contribution in [-0.4, -0.2) is 6.61 Å². The highest BCUT2D eigenvalue weighted by atomic mass is 35.5. The molecule has 0 aromatic heterocycles. The number of halogens is 1. The first-order valence-electron chi connectivity index (χ1n) is 3.06. The van der Waals surface area contributed by atoms with E-state index in [4.69, 9.17) is 22.8 Å². The van der Waals surface area contributed by atoms with Crippen LogP contribution in [0.2, 0.25) is 5.02 Å². The van der Waals surface area contributed by atoms with E-state index < -0.39 is 0 Å². The van der Waals surface area contributed by atoms with Crippen molar-refractivity contribution in [3.05, 3.63) is 29.3 Å². The minimum atomic E-state index is 0.240. The molecule has 55 valence electrons. The molecule has 0 aliphatic carbocycles. The van der Waals surface area contributed by atoms with Crippen LogP contribution in [0.3, 0.4) is 0 Å². The van der Waals surface area contributed by atoms with Crippen LogP contribution in [0.15, 0.2) is 18.2 Å². The third kappa shape index (κ3) is 2.18. The van der Waals surface area contributed by atoms with Gasteiger partial charge in [-0.25, -0.2) is 0 Å². The first-order valence-corrected chi connectivity index (χ1v) is 3.44. The summed E-state index contributed by atoms with van der Waals surface area (Å²) in [6.45, 7) is 0.240. The lowest BCUT2D eigenvalue weighted by molar-refractivity contribution is 0.370. The molecule has 11 heavy (non-hydrogen) atoms. The van der Waals surface area contributed by atoms with Gasteiger partial charge >= 0.3 is 0 Å². The maximum absolute atomic E-state index is 5.74. The average Bonchev–Trinajstić information content (AvgIpc) is 2.03. The number of benzene rings is 1.